The van der Waals surface area contributed by atoms with Crippen molar-refractivity contribution in [1.29, 1.82) is 0 Å². The molecule has 0 amide bonds. The number of benzene rings is 1. The van der Waals surface area contributed by atoms with Crippen LogP contribution in [0.2, 0.25) is 0 Å². The van der Waals surface area contributed by atoms with Crippen LogP contribution in [0.4, 0.5) is 0 Å². The van der Waals surface area contributed by atoms with E-state index in [0.717, 1.165) is 0 Å². The van der Waals surface area contributed by atoms with E-state index in [-0.39, 0.29) is 22.8 Å². The van der Waals surface area contributed by atoms with E-state index in [1.54, 1.807) is 13.8 Å². The summed E-state index contributed by atoms with van der Waals surface area (Å²) in [4.78, 5) is 23.1. The van der Waals surface area contributed by atoms with Crippen molar-refractivity contribution in [2.24, 2.45) is 5.92 Å². The minimum absolute atomic E-state index is 0.0560. The molecule has 0 aliphatic heterocycles. The number of esters is 2. The second-order valence-electron chi connectivity index (χ2n) is 4.09. The molecule has 0 aromatic heterocycles. The summed E-state index contributed by atoms with van der Waals surface area (Å²) in [5.41, 5.74) is 0.0560. The minimum Gasteiger partial charge on any atom is -0.502 e. The first-order valence-corrected chi connectivity index (χ1v) is 5.61. The van der Waals surface area contributed by atoms with Crippen LogP contribution in [0.5, 0.6) is 17.2 Å². The van der Waals surface area contributed by atoms with Gasteiger partial charge in [0.1, 0.15) is 0 Å². The fraction of sp³-hybridized carbons (Fsp3) is 0.385. The summed E-state index contributed by atoms with van der Waals surface area (Å²) in [6.45, 7) is 3.24. The van der Waals surface area contributed by atoms with Crippen molar-refractivity contribution < 1.29 is 28.9 Å². The molecule has 0 atom stereocenters. The number of aromatic hydroxyl groups is 1. The lowest BCUT2D eigenvalue weighted by Crippen LogP contribution is -2.17. The molecule has 1 rings (SSSR count). The number of carbonyl (C=O) groups excluding carboxylic acids is 2. The van der Waals surface area contributed by atoms with Gasteiger partial charge in [-0.25, -0.2) is 4.79 Å². The van der Waals surface area contributed by atoms with Crippen LogP contribution in [0.1, 0.15) is 24.2 Å². The first kappa shape index (κ1) is 14.8. The van der Waals surface area contributed by atoms with Gasteiger partial charge in [0.15, 0.2) is 11.5 Å². The Kier molecular flexibility index (Phi) is 4.74. The zero-order chi connectivity index (χ0) is 14.6. The molecule has 0 radical (unpaired) electrons. The smallest absolute Gasteiger partial charge is 0.346 e. The Morgan fingerprint density at radius 2 is 1.58 bits per heavy atom. The molecular formula is C13H16O6. The van der Waals surface area contributed by atoms with Gasteiger partial charge in [-0.15, -0.1) is 0 Å². The number of ether oxygens (including phenoxy) is 3. The molecule has 0 aliphatic carbocycles. The van der Waals surface area contributed by atoms with E-state index >= 15 is 0 Å². The zero-order valence-electron chi connectivity index (χ0n) is 11.2. The maximum atomic E-state index is 11.8. The standard InChI is InChI=1S/C13H16O6/c1-7(2)12(15)19-13(16)8-5-9(17-3)11(14)10(6-8)18-4/h5-7,14H,1-4H3. The van der Waals surface area contributed by atoms with Crippen LogP contribution in [0.15, 0.2) is 12.1 Å². The van der Waals surface area contributed by atoms with E-state index in [9.17, 15) is 14.7 Å². The summed E-state index contributed by atoms with van der Waals surface area (Å²) >= 11 is 0. The van der Waals surface area contributed by atoms with E-state index in [4.69, 9.17) is 9.47 Å². The summed E-state index contributed by atoms with van der Waals surface area (Å²) in [6.07, 6.45) is 0. The van der Waals surface area contributed by atoms with Crippen LogP contribution in [0.3, 0.4) is 0 Å². The average Bonchev–Trinajstić information content (AvgIpc) is 2.38. The van der Waals surface area contributed by atoms with Crippen LogP contribution >= 0.6 is 0 Å². The van der Waals surface area contributed by atoms with Crippen LogP contribution < -0.4 is 9.47 Å². The lowest BCUT2D eigenvalue weighted by Gasteiger charge is -2.11. The van der Waals surface area contributed by atoms with E-state index in [1.807, 2.05) is 0 Å². The molecule has 1 N–H and O–H groups in total. The Labute approximate surface area is 110 Å². The number of rotatable bonds is 4. The fourth-order valence-electron chi connectivity index (χ4n) is 1.28. The average molecular weight is 268 g/mol. The summed E-state index contributed by atoms with van der Waals surface area (Å²) in [5, 5.41) is 9.70. The molecule has 1 aromatic carbocycles. The van der Waals surface area contributed by atoms with Crippen molar-refractivity contribution >= 4 is 11.9 Å². The third-order valence-electron chi connectivity index (χ3n) is 2.38. The lowest BCUT2D eigenvalue weighted by atomic mass is 10.2. The number of phenolic OH excluding ortho intramolecular Hbond substituents is 1. The van der Waals surface area contributed by atoms with Gasteiger partial charge in [-0.2, -0.15) is 0 Å². The quantitative estimate of drug-likeness (QED) is 0.661. The molecule has 0 saturated heterocycles. The van der Waals surface area contributed by atoms with Gasteiger partial charge < -0.3 is 19.3 Å². The number of methoxy groups -OCH3 is 2. The van der Waals surface area contributed by atoms with Gasteiger partial charge in [-0.05, 0) is 12.1 Å². The lowest BCUT2D eigenvalue weighted by molar-refractivity contribution is -0.141. The van der Waals surface area contributed by atoms with Crippen molar-refractivity contribution in [2.75, 3.05) is 14.2 Å². The summed E-state index contributed by atoms with van der Waals surface area (Å²) < 4.78 is 14.5. The number of hydrogen-bond acceptors (Lipinski definition) is 6. The zero-order valence-corrected chi connectivity index (χ0v) is 11.2. The topological polar surface area (TPSA) is 82.1 Å². The molecule has 104 valence electrons. The van der Waals surface area contributed by atoms with Gasteiger partial charge in [-0.1, -0.05) is 13.8 Å². The highest BCUT2D eigenvalue weighted by molar-refractivity contribution is 5.98. The molecule has 0 aliphatic rings. The highest BCUT2D eigenvalue weighted by atomic mass is 16.6. The molecule has 1 aromatic rings. The van der Waals surface area contributed by atoms with E-state index in [2.05, 4.69) is 4.74 Å². The molecule has 6 nitrogen and oxygen atoms in total. The summed E-state index contributed by atoms with van der Waals surface area (Å²) in [6, 6.07) is 2.54. The number of carbonyl (C=O) groups is 2. The van der Waals surface area contributed by atoms with Gasteiger partial charge in [0.25, 0.3) is 0 Å². The number of hydrogen-bond donors (Lipinski definition) is 1. The first-order chi connectivity index (χ1) is 8.90. The Morgan fingerprint density at radius 3 is 1.95 bits per heavy atom. The summed E-state index contributed by atoms with van der Waals surface area (Å²) in [5.74, 6) is -1.97. The Bertz CT molecular complexity index is 467. The predicted molar refractivity (Wildman–Crippen MR) is 66.5 cm³/mol. The van der Waals surface area contributed by atoms with Crippen molar-refractivity contribution in [2.45, 2.75) is 13.8 Å². The maximum absolute atomic E-state index is 11.8. The normalized spacial score (nSPS) is 10.2. The second-order valence-corrected chi connectivity index (χ2v) is 4.09. The molecule has 0 heterocycles. The molecule has 19 heavy (non-hydrogen) atoms. The van der Waals surface area contributed by atoms with Gasteiger partial charge in [0.05, 0.1) is 25.7 Å². The van der Waals surface area contributed by atoms with Gasteiger partial charge >= 0.3 is 11.9 Å². The molecule has 0 fully saturated rings. The molecule has 0 spiro atoms. The monoisotopic (exact) mass is 268 g/mol. The predicted octanol–water partition coefficient (Wildman–Crippen LogP) is 1.75. The van der Waals surface area contributed by atoms with Crippen LogP contribution in [-0.4, -0.2) is 31.3 Å². The first-order valence-electron chi connectivity index (χ1n) is 5.61. The second kappa shape index (κ2) is 6.08. The molecule has 0 saturated carbocycles. The largest absolute Gasteiger partial charge is 0.502 e. The van der Waals surface area contributed by atoms with E-state index < -0.39 is 17.9 Å². The van der Waals surface area contributed by atoms with Gasteiger partial charge in [0.2, 0.25) is 5.75 Å². The Morgan fingerprint density at radius 1 is 1.11 bits per heavy atom. The highest BCUT2D eigenvalue weighted by Crippen LogP contribution is 2.37. The van der Waals surface area contributed by atoms with Crippen molar-refractivity contribution in [3.63, 3.8) is 0 Å². The molecule has 0 unspecified atom stereocenters. The molecule has 0 bridgehead atoms. The Hall–Kier alpha value is -2.24. The van der Waals surface area contributed by atoms with E-state index in [1.165, 1.54) is 26.4 Å². The SMILES string of the molecule is COc1cc(C(=O)OC(=O)C(C)C)cc(OC)c1O. The minimum atomic E-state index is -0.824. The third kappa shape index (κ3) is 3.37. The van der Waals surface area contributed by atoms with Gasteiger partial charge in [0, 0.05) is 0 Å². The van der Waals surface area contributed by atoms with Crippen LogP contribution in [0, 0.1) is 5.92 Å². The van der Waals surface area contributed by atoms with Gasteiger partial charge in [-0.3, -0.25) is 4.79 Å². The van der Waals surface area contributed by atoms with E-state index in [0.29, 0.717) is 0 Å². The van der Waals surface area contributed by atoms with Crippen LogP contribution in [-0.2, 0) is 9.53 Å². The van der Waals surface area contributed by atoms with Crippen molar-refractivity contribution in [3.05, 3.63) is 17.7 Å². The van der Waals surface area contributed by atoms with Crippen molar-refractivity contribution in [1.82, 2.24) is 0 Å². The maximum Gasteiger partial charge on any atom is 0.346 e. The van der Waals surface area contributed by atoms with Crippen LogP contribution in [0.25, 0.3) is 0 Å². The molecular weight excluding hydrogens is 252 g/mol. The Balaban J connectivity index is 3.07. The van der Waals surface area contributed by atoms with Crippen molar-refractivity contribution in [3.8, 4) is 17.2 Å². The summed E-state index contributed by atoms with van der Waals surface area (Å²) in [7, 11) is 2.67. The number of phenols is 1. The fourth-order valence-corrected chi connectivity index (χ4v) is 1.28. The third-order valence-corrected chi connectivity index (χ3v) is 2.38. The molecule has 6 heteroatoms. The highest BCUT2D eigenvalue weighted by Gasteiger charge is 2.20.